The van der Waals surface area contributed by atoms with E-state index in [4.69, 9.17) is 0 Å². The van der Waals surface area contributed by atoms with Crippen LogP contribution in [0.4, 0.5) is 4.79 Å². The number of carbonyl (C=O) groups excluding carboxylic acids is 2. The molecule has 0 aliphatic carbocycles. The number of amides is 3. The summed E-state index contributed by atoms with van der Waals surface area (Å²) in [5.41, 5.74) is 0. The fraction of sp³-hybridized carbons (Fsp3) is 0.800. The van der Waals surface area contributed by atoms with Crippen molar-refractivity contribution in [1.82, 2.24) is 20.4 Å². The monoisotopic (exact) mass is 226 g/mol. The number of hydrogen-bond donors (Lipinski definition) is 2. The molecule has 0 aromatic carbocycles. The van der Waals surface area contributed by atoms with E-state index in [1.807, 2.05) is 0 Å². The van der Waals surface area contributed by atoms with Crippen LogP contribution in [-0.2, 0) is 4.79 Å². The molecule has 6 nitrogen and oxygen atoms in total. The van der Waals surface area contributed by atoms with Crippen molar-refractivity contribution in [2.45, 2.75) is 13.0 Å². The van der Waals surface area contributed by atoms with Crippen LogP contribution in [0.3, 0.4) is 0 Å². The van der Waals surface area contributed by atoms with E-state index in [9.17, 15) is 9.59 Å². The number of hydrogen-bond acceptors (Lipinski definition) is 4. The van der Waals surface area contributed by atoms with Crippen LogP contribution in [0.2, 0.25) is 0 Å². The van der Waals surface area contributed by atoms with E-state index in [2.05, 4.69) is 22.5 Å². The van der Waals surface area contributed by atoms with Crippen molar-refractivity contribution >= 4 is 11.9 Å². The molecule has 2 aliphatic heterocycles. The van der Waals surface area contributed by atoms with Gasteiger partial charge in [-0.2, -0.15) is 0 Å². The van der Waals surface area contributed by atoms with Gasteiger partial charge in [-0.05, 0) is 6.92 Å². The Morgan fingerprint density at radius 1 is 1.38 bits per heavy atom. The van der Waals surface area contributed by atoms with Crippen LogP contribution in [0, 0.1) is 0 Å². The average molecular weight is 226 g/mol. The van der Waals surface area contributed by atoms with E-state index in [-0.39, 0.29) is 18.5 Å². The van der Waals surface area contributed by atoms with E-state index >= 15 is 0 Å². The van der Waals surface area contributed by atoms with Gasteiger partial charge in [0.15, 0.2) is 0 Å². The Bertz CT molecular complexity index is 279. The Morgan fingerprint density at radius 2 is 2.19 bits per heavy atom. The highest BCUT2D eigenvalue weighted by Gasteiger charge is 2.28. The third-order valence-electron chi connectivity index (χ3n) is 3.03. The van der Waals surface area contributed by atoms with Crippen molar-refractivity contribution < 1.29 is 9.59 Å². The van der Waals surface area contributed by atoms with Gasteiger partial charge in [0, 0.05) is 38.8 Å². The lowest BCUT2D eigenvalue weighted by atomic mass is 10.2. The largest absolute Gasteiger partial charge is 0.329 e. The van der Waals surface area contributed by atoms with Crippen molar-refractivity contribution in [3.8, 4) is 0 Å². The van der Waals surface area contributed by atoms with Crippen LogP contribution in [0.15, 0.2) is 0 Å². The van der Waals surface area contributed by atoms with Gasteiger partial charge in [0.05, 0.1) is 6.54 Å². The van der Waals surface area contributed by atoms with Crippen LogP contribution in [0.1, 0.15) is 6.92 Å². The van der Waals surface area contributed by atoms with E-state index in [1.165, 1.54) is 4.90 Å². The summed E-state index contributed by atoms with van der Waals surface area (Å²) < 4.78 is 0. The van der Waals surface area contributed by atoms with Crippen LogP contribution < -0.4 is 10.6 Å². The highest BCUT2D eigenvalue weighted by molar-refractivity contribution is 6.01. The summed E-state index contributed by atoms with van der Waals surface area (Å²) in [6.07, 6.45) is 0. The van der Waals surface area contributed by atoms with Crippen molar-refractivity contribution in [3.05, 3.63) is 0 Å². The quantitative estimate of drug-likeness (QED) is 0.595. The van der Waals surface area contributed by atoms with Crippen molar-refractivity contribution in [1.29, 1.82) is 0 Å². The first-order valence-electron chi connectivity index (χ1n) is 5.71. The molecule has 0 aromatic rings. The fourth-order valence-corrected chi connectivity index (χ4v) is 2.14. The molecule has 6 heteroatoms. The molecule has 3 amide bonds. The molecule has 2 saturated heterocycles. The Morgan fingerprint density at radius 3 is 2.81 bits per heavy atom. The molecule has 0 radical (unpaired) electrons. The number of imide groups is 1. The summed E-state index contributed by atoms with van der Waals surface area (Å²) in [7, 11) is 0. The summed E-state index contributed by atoms with van der Waals surface area (Å²) in [6.45, 7) is 6.48. The highest BCUT2D eigenvalue weighted by Crippen LogP contribution is 2.02. The Hall–Kier alpha value is -1.14. The van der Waals surface area contributed by atoms with Crippen molar-refractivity contribution in [2.24, 2.45) is 0 Å². The SMILES string of the molecule is C[C@@H]1CN(CCN2C(=O)CNC2=O)CCN1. The molecule has 0 aromatic heterocycles. The van der Waals surface area contributed by atoms with E-state index in [0.29, 0.717) is 12.6 Å². The minimum atomic E-state index is -0.256. The average Bonchev–Trinajstić information content (AvgIpc) is 2.56. The zero-order valence-corrected chi connectivity index (χ0v) is 9.53. The van der Waals surface area contributed by atoms with Gasteiger partial charge in [-0.1, -0.05) is 0 Å². The van der Waals surface area contributed by atoms with Crippen LogP contribution in [0.25, 0.3) is 0 Å². The lowest BCUT2D eigenvalue weighted by Crippen LogP contribution is -2.51. The fourth-order valence-electron chi connectivity index (χ4n) is 2.14. The number of piperazine rings is 1. The molecule has 0 saturated carbocycles. The minimum absolute atomic E-state index is 0.117. The van der Waals surface area contributed by atoms with Gasteiger partial charge in [-0.15, -0.1) is 0 Å². The second kappa shape index (κ2) is 4.80. The van der Waals surface area contributed by atoms with Crippen LogP contribution >= 0.6 is 0 Å². The molecule has 1 atom stereocenters. The number of nitrogens with one attached hydrogen (secondary N) is 2. The predicted molar refractivity (Wildman–Crippen MR) is 59.0 cm³/mol. The second-order valence-electron chi connectivity index (χ2n) is 4.36. The van der Waals surface area contributed by atoms with Gasteiger partial charge in [-0.3, -0.25) is 14.6 Å². The normalized spacial score (nSPS) is 27.3. The lowest BCUT2D eigenvalue weighted by molar-refractivity contribution is -0.125. The molecule has 0 unspecified atom stereocenters. The van der Waals surface area contributed by atoms with Gasteiger partial charge in [-0.25, -0.2) is 4.79 Å². The summed E-state index contributed by atoms with van der Waals surface area (Å²) in [5, 5.41) is 5.88. The van der Waals surface area contributed by atoms with E-state index in [1.54, 1.807) is 0 Å². The molecule has 16 heavy (non-hydrogen) atoms. The standard InChI is InChI=1S/C10H18N4O2/c1-8-7-13(3-2-11-8)4-5-14-9(15)6-12-10(14)16/h8,11H,2-7H2,1H3,(H,12,16)/t8-/m1/s1. The predicted octanol–water partition coefficient (Wildman–Crippen LogP) is -1.17. The Kier molecular flexibility index (Phi) is 3.40. The van der Waals surface area contributed by atoms with Crippen LogP contribution in [-0.4, -0.2) is 67.0 Å². The third kappa shape index (κ3) is 2.51. The maximum absolute atomic E-state index is 11.3. The van der Waals surface area contributed by atoms with Gasteiger partial charge in [0.1, 0.15) is 0 Å². The molecule has 2 aliphatic rings. The molecular formula is C10H18N4O2. The van der Waals surface area contributed by atoms with Gasteiger partial charge >= 0.3 is 6.03 Å². The van der Waals surface area contributed by atoms with Crippen molar-refractivity contribution in [2.75, 3.05) is 39.3 Å². The minimum Gasteiger partial charge on any atom is -0.329 e. The number of nitrogens with zero attached hydrogens (tertiary/aromatic N) is 2. The van der Waals surface area contributed by atoms with Gasteiger partial charge in [0.2, 0.25) is 5.91 Å². The smallest absolute Gasteiger partial charge is 0.324 e. The summed E-state index contributed by atoms with van der Waals surface area (Å²) in [6, 6.07) is 0.227. The summed E-state index contributed by atoms with van der Waals surface area (Å²) >= 11 is 0. The molecular weight excluding hydrogens is 208 g/mol. The number of carbonyl (C=O) groups is 2. The highest BCUT2D eigenvalue weighted by atomic mass is 16.2. The molecule has 0 spiro atoms. The second-order valence-corrected chi connectivity index (χ2v) is 4.36. The molecule has 2 heterocycles. The van der Waals surface area contributed by atoms with Crippen molar-refractivity contribution in [3.63, 3.8) is 0 Å². The number of urea groups is 1. The zero-order chi connectivity index (χ0) is 11.5. The first-order chi connectivity index (χ1) is 7.66. The first kappa shape index (κ1) is 11.3. The molecule has 0 bridgehead atoms. The topological polar surface area (TPSA) is 64.7 Å². The zero-order valence-electron chi connectivity index (χ0n) is 9.53. The third-order valence-corrected chi connectivity index (χ3v) is 3.03. The van der Waals surface area contributed by atoms with E-state index in [0.717, 1.165) is 26.2 Å². The molecule has 2 N–H and O–H groups in total. The van der Waals surface area contributed by atoms with Gasteiger partial charge < -0.3 is 10.6 Å². The van der Waals surface area contributed by atoms with Crippen LogP contribution in [0.5, 0.6) is 0 Å². The lowest BCUT2D eigenvalue weighted by Gasteiger charge is -2.32. The van der Waals surface area contributed by atoms with Gasteiger partial charge in [0.25, 0.3) is 0 Å². The maximum Gasteiger partial charge on any atom is 0.324 e. The summed E-state index contributed by atoms with van der Waals surface area (Å²) in [4.78, 5) is 26.2. The summed E-state index contributed by atoms with van der Waals surface area (Å²) in [5.74, 6) is -0.117. The Balaban J connectivity index is 1.78. The maximum atomic E-state index is 11.3. The van der Waals surface area contributed by atoms with E-state index < -0.39 is 0 Å². The first-order valence-corrected chi connectivity index (χ1v) is 5.71. The molecule has 2 fully saturated rings. The molecule has 90 valence electrons. The molecule has 2 rings (SSSR count). The Labute approximate surface area is 95.0 Å². The number of rotatable bonds is 3.